The fourth-order valence-corrected chi connectivity index (χ4v) is 7.59. The van der Waals surface area contributed by atoms with E-state index < -0.39 is 81.8 Å². The molecule has 7 N–H and O–H groups in total. The van der Waals surface area contributed by atoms with Crippen LogP contribution in [0.25, 0.3) is 0 Å². The number of phosphoric acid groups is 1. The van der Waals surface area contributed by atoms with Crippen molar-refractivity contribution in [1.82, 2.24) is 0 Å². The van der Waals surface area contributed by atoms with Crippen molar-refractivity contribution in [1.29, 1.82) is 0 Å². The molecule has 9 atom stereocenters. The second-order valence-corrected chi connectivity index (χ2v) is 17.5. The topological polar surface area (TPSA) is 230 Å². The monoisotopic (exact) mass is 901 g/mol. The van der Waals surface area contributed by atoms with Crippen molar-refractivity contribution in [2.75, 3.05) is 13.2 Å². The minimum atomic E-state index is -5.17. The molecule has 62 heavy (non-hydrogen) atoms. The first-order chi connectivity index (χ1) is 29.8. The fourth-order valence-electron chi connectivity index (χ4n) is 6.62. The number of allylic oxidation sites excluding steroid dienone is 9. The number of phosphoric ester groups is 1. The number of hydrogen-bond acceptors (Lipinski definition) is 13. The largest absolute Gasteiger partial charge is 0.472 e. The molecule has 1 saturated carbocycles. The van der Waals surface area contributed by atoms with Crippen LogP contribution in [-0.2, 0) is 32.7 Å². The maximum Gasteiger partial charge on any atom is 0.472 e. The zero-order valence-corrected chi connectivity index (χ0v) is 38.4. The van der Waals surface area contributed by atoms with E-state index in [2.05, 4.69) is 50.3 Å². The van der Waals surface area contributed by atoms with Gasteiger partial charge in [-0.25, -0.2) is 4.57 Å². The predicted molar refractivity (Wildman–Crippen MR) is 241 cm³/mol. The lowest BCUT2D eigenvalue weighted by Crippen LogP contribution is -2.64. The Balaban J connectivity index is 2.56. The Kier molecular flexibility index (Phi) is 34.2. The number of esters is 2. The standard InChI is InChI=1S/C47H81O14P/c1-3-5-7-9-11-13-15-17-18-20-22-24-26-28-30-34-40(49)58-36-39(37-59-62(56,57)61-47-45(54)43(52)42(51)44(53)46(47)55)60-41(50)35-31-33-38(48)32-29-27-25-23-21-19-16-14-12-10-8-6-4-2/h12-15,19,21,25,27,29,32,38-39,42-48,51-55H,3-11,16-18,20,22-24,26,28,30-31,33-37H2,1-2H3,(H,56,57)/b14-12-,15-13-,21-19-,27-25-,32-29+/t38-,39+,42?,43-,44+,45+,46+,47?/m0/s1. The van der Waals surface area contributed by atoms with Crippen LogP contribution in [0.15, 0.2) is 60.8 Å². The maximum atomic E-state index is 12.8. The molecule has 0 aromatic rings. The molecule has 0 saturated heterocycles. The summed E-state index contributed by atoms with van der Waals surface area (Å²) in [7, 11) is -5.17. The Morgan fingerprint density at radius 3 is 1.69 bits per heavy atom. The van der Waals surface area contributed by atoms with Crippen molar-refractivity contribution in [2.45, 2.75) is 210 Å². The van der Waals surface area contributed by atoms with Crippen molar-refractivity contribution in [3.63, 3.8) is 0 Å². The summed E-state index contributed by atoms with van der Waals surface area (Å²) in [6, 6.07) is 0. The average Bonchev–Trinajstić information content (AvgIpc) is 3.25. The van der Waals surface area contributed by atoms with Crippen LogP contribution in [0.4, 0.5) is 0 Å². The average molecular weight is 901 g/mol. The molecule has 3 unspecified atom stereocenters. The van der Waals surface area contributed by atoms with E-state index in [9.17, 15) is 49.7 Å². The molecule has 358 valence electrons. The van der Waals surface area contributed by atoms with Crippen LogP contribution in [0, 0.1) is 0 Å². The molecule has 0 bridgehead atoms. The first kappa shape index (κ1) is 57.5. The van der Waals surface area contributed by atoms with Gasteiger partial charge in [-0.1, -0.05) is 139 Å². The molecule has 0 aromatic carbocycles. The SMILES string of the molecule is CCCCC/C=C\C/C=C\C/C=C\C=C\[C@H](O)CCCC(=O)O[C@H](COC(=O)CCCCCCCCC/C=C\CCCCCC)COP(=O)(O)OC1[C@H](O)[C@H](O)C(O)[C@H](O)[C@H]1O. The smallest absolute Gasteiger partial charge is 0.462 e. The number of aliphatic hydroxyl groups is 6. The molecule has 0 aromatic heterocycles. The summed E-state index contributed by atoms with van der Waals surface area (Å²) in [4.78, 5) is 35.7. The molecule has 1 aliphatic carbocycles. The van der Waals surface area contributed by atoms with Crippen LogP contribution in [0.2, 0.25) is 0 Å². The van der Waals surface area contributed by atoms with Gasteiger partial charge in [0.25, 0.3) is 0 Å². The van der Waals surface area contributed by atoms with Gasteiger partial charge in [0.05, 0.1) is 12.7 Å². The van der Waals surface area contributed by atoms with Gasteiger partial charge in [0.1, 0.15) is 43.2 Å². The Bertz CT molecular complexity index is 1330. The van der Waals surface area contributed by atoms with Gasteiger partial charge < -0.3 is 45.0 Å². The Labute approximate surface area is 371 Å². The number of rotatable bonds is 37. The van der Waals surface area contributed by atoms with Crippen LogP contribution >= 0.6 is 7.82 Å². The Hall–Kier alpha value is -2.49. The first-order valence-electron chi connectivity index (χ1n) is 23.2. The lowest BCUT2D eigenvalue weighted by atomic mass is 9.85. The molecule has 0 amide bonds. The summed E-state index contributed by atoms with van der Waals surface area (Å²) in [6.07, 6.45) is 27.2. The minimum Gasteiger partial charge on any atom is -0.462 e. The molecule has 1 aliphatic rings. The van der Waals surface area contributed by atoms with Crippen LogP contribution in [0.3, 0.4) is 0 Å². The third-order valence-corrected chi connectivity index (χ3v) is 11.4. The molecule has 0 heterocycles. The van der Waals surface area contributed by atoms with Gasteiger partial charge in [0, 0.05) is 12.8 Å². The summed E-state index contributed by atoms with van der Waals surface area (Å²) < 4.78 is 33.4. The zero-order chi connectivity index (χ0) is 45.9. The molecule has 15 heteroatoms. The molecular formula is C47H81O14P. The quantitative estimate of drug-likeness (QED) is 0.0103. The first-order valence-corrected chi connectivity index (χ1v) is 24.7. The van der Waals surface area contributed by atoms with Gasteiger partial charge in [0.2, 0.25) is 0 Å². The van der Waals surface area contributed by atoms with Gasteiger partial charge >= 0.3 is 19.8 Å². The summed E-state index contributed by atoms with van der Waals surface area (Å²) in [5, 5.41) is 60.5. The molecule has 0 radical (unpaired) electrons. The lowest BCUT2D eigenvalue weighted by Gasteiger charge is -2.41. The highest BCUT2D eigenvalue weighted by atomic mass is 31.2. The second-order valence-electron chi connectivity index (χ2n) is 16.1. The van der Waals surface area contributed by atoms with E-state index in [0.717, 1.165) is 64.2 Å². The summed E-state index contributed by atoms with van der Waals surface area (Å²) >= 11 is 0. The van der Waals surface area contributed by atoms with E-state index in [1.807, 2.05) is 12.2 Å². The lowest BCUT2D eigenvalue weighted by molar-refractivity contribution is -0.220. The van der Waals surface area contributed by atoms with E-state index in [4.69, 9.17) is 18.5 Å². The predicted octanol–water partition coefficient (Wildman–Crippen LogP) is 7.92. The Morgan fingerprint density at radius 2 is 1.06 bits per heavy atom. The van der Waals surface area contributed by atoms with Crippen molar-refractivity contribution in [2.24, 2.45) is 0 Å². The van der Waals surface area contributed by atoms with Crippen LogP contribution < -0.4 is 0 Å². The molecule has 0 aliphatic heterocycles. The van der Waals surface area contributed by atoms with E-state index in [1.165, 1.54) is 51.4 Å². The van der Waals surface area contributed by atoms with Crippen LogP contribution in [-0.4, -0.2) is 110 Å². The van der Waals surface area contributed by atoms with Crippen molar-refractivity contribution >= 4 is 19.8 Å². The van der Waals surface area contributed by atoms with Crippen molar-refractivity contribution < 1.29 is 68.2 Å². The fraction of sp³-hybridized carbons (Fsp3) is 0.745. The normalized spacial score (nSPS) is 22.9. The van der Waals surface area contributed by atoms with Gasteiger partial charge in [-0.2, -0.15) is 0 Å². The molecule has 0 spiro atoms. The summed E-state index contributed by atoms with van der Waals surface area (Å²) in [6.45, 7) is 3.08. The van der Waals surface area contributed by atoms with Crippen molar-refractivity contribution in [3.8, 4) is 0 Å². The Morgan fingerprint density at radius 1 is 0.581 bits per heavy atom. The number of hydrogen-bond donors (Lipinski definition) is 7. The van der Waals surface area contributed by atoms with Crippen molar-refractivity contribution in [3.05, 3.63) is 60.8 Å². The summed E-state index contributed by atoms with van der Waals surface area (Å²) in [5.41, 5.74) is 0. The van der Waals surface area contributed by atoms with Gasteiger partial charge in [-0.05, 0) is 70.6 Å². The third kappa shape index (κ3) is 29.1. The number of carbonyl (C=O) groups is 2. The second kappa shape index (κ2) is 36.8. The molecule has 14 nitrogen and oxygen atoms in total. The highest BCUT2D eigenvalue weighted by molar-refractivity contribution is 7.47. The van der Waals surface area contributed by atoms with E-state index in [0.29, 0.717) is 6.42 Å². The number of carbonyl (C=O) groups excluding carboxylic acids is 2. The number of aliphatic hydroxyl groups excluding tert-OH is 6. The number of unbranched alkanes of at least 4 members (excludes halogenated alkanes) is 14. The van der Waals surface area contributed by atoms with Gasteiger partial charge in [-0.15, -0.1) is 0 Å². The third-order valence-electron chi connectivity index (χ3n) is 10.4. The van der Waals surface area contributed by atoms with E-state index >= 15 is 0 Å². The minimum absolute atomic E-state index is 0.119. The van der Waals surface area contributed by atoms with E-state index in [-0.39, 0.29) is 25.7 Å². The zero-order valence-electron chi connectivity index (χ0n) is 37.5. The molecular weight excluding hydrogens is 819 g/mol. The number of ether oxygens (including phenoxy) is 2. The van der Waals surface area contributed by atoms with Gasteiger partial charge in [0.15, 0.2) is 6.10 Å². The highest BCUT2D eigenvalue weighted by Crippen LogP contribution is 2.47. The summed E-state index contributed by atoms with van der Waals surface area (Å²) in [5.74, 6) is -1.31. The highest BCUT2D eigenvalue weighted by Gasteiger charge is 2.51. The van der Waals surface area contributed by atoms with Crippen LogP contribution in [0.1, 0.15) is 162 Å². The molecule has 1 fully saturated rings. The van der Waals surface area contributed by atoms with Gasteiger partial charge in [-0.3, -0.25) is 18.6 Å². The van der Waals surface area contributed by atoms with E-state index in [1.54, 1.807) is 12.2 Å². The maximum absolute atomic E-state index is 12.8. The molecule has 1 rings (SSSR count). The van der Waals surface area contributed by atoms with Crippen LogP contribution in [0.5, 0.6) is 0 Å².